The van der Waals surface area contributed by atoms with Crippen molar-refractivity contribution in [2.45, 2.75) is 98.7 Å². The third-order valence-electron chi connectivity index (χ3n) is 9.65. The van der Waals surface area contributed by atoms with E-state index in [-0.39, 0.29) is 5.41 Å². The molecule has 1 atom stereocenters. The molecule has 0 unspecified atom stereocenters. The number of imidazole rings is 1. The number of aryl methyl sites for hydroxylation is 3. The minimum absolute atomic E-state index is 0.230. The summed E-state index contributed by atoms with van der Waals surface area (Å²) in [4.78, 5) is 25.7. The van der Waals surface area contributed by atoms with Crippen molar-refractivity contribution < 1.29 is 14.3 Å². The van der Waals surface area contributed by atoms with Gasteiger partial charge in [-0.15, -0.1) is 0 Å². The maximum absolute atomic E-state index is 13.4. The van der Waals surface area contributed by atoms with E-state index in [1.807, 2.05) is 38.3 Å². The molecule has 0 amide bonds. The minimum Gasteiger partial charge on any atom is -0.467 e. The number of methoxy groups -OCH3 is 1. The Kier molecular flexibility index (Phi) is 8.57. The number of nitrogens with zero attached hydrogens (tertiary/aromatic N) is 6. The number of aromatic nitrogens is 5. The average molecular weight is 625 g/mol. The number of rotatable bonds is 3. The van der Waals surface area contributed by atoms with Crippen LogP contribution in [0.1, 0.15) is 94.4 Å². The number of ether oxygens (including phenoxy) is 2. The van der Waals surface area contributed by atoms with Crippen LogP contribution in [0, 0.1) is 26.2 Å². The number of carbonyl (C=O) groups excluding carboxylic acids is 1. The summed E-state index contributed by atoms with van der Waals surface area (Å²) in [5.74, 6) is 1.48. The van der Waals surface area contributed by atoms with Gasteiger partial charge in [-0.25, -0.2) is 14.8 Å². The predicted octanol–water partition coefficient (Wildman–Crippen LogP) is 7.43. The highest BCUT2D eigenvalue weighted by atomic mass is 16.6. The van der Waals surface area contributed by atoms with E-state index in [2.05, 4.69) is 66.7 Å². The number of hydrogen-bond acceptors (Lipinski definition) is 7. The van der Waals surface area contributed by atoms with Gasteiger partial charge in [-0.2, -0.15) is 9.61 Å². The van der Waals surface area contributed by atoms with Crippen LogP contribution < -0.4 is 4.90 Å². The molecule has 9 heteroatoms. The second-order valence-electron chi connectivity index (χ2n) is 14.3. The summed E-state index contributed by atoms with van der Waals surface area (Å²) in [6, 6.07) is 10.5. The lowest BCUT2D eigenvalue weighted by atomic mass is 9.76. The van der Waals surface area contributed by atoms with Crippen LogP contribution in [-0.2, 0) is 20.7 Å². The molecule has 4 aromatic rings. The summed E-state index contributed by atoms with van der Waals surface area (Å²) in [5, 5.41) is 5.20. The van der Waals surface area contributed by atoms with Gasteiger partial charge in [0.05, 0.1) is 29.7 Å². The summed E-state index contributed by atoms with van der Waals surface area (Å²) < 4.78 is 15.9. The highest BCUT2D eigenvalue weighted by molar-refractivity contribution is 5.80. The molecule has 0 spiro atoms. The van der Waals surface area contributed by atoms with E-state index >= 15 is 0 Å². The molecular formula is C37H48N6O3. The molecule has 3 aliphatic rings. The van der Waals surface area contributed by atoms with Gasteiger partial charge in [-0.1, -0.05) is 31.2 Å². The van der Waals surface area contributed by atoms with Gasteiger partial charge < -0.3 is 18.9 Å². The highest BCUT2D eigenvalue weighted by Gasteiger charge is 2.38. The minimum atomic E-state index is -0.946. The van der Waals surface area contributed by atoms with Gasteiger partial charge in [0.15, 0.2) is 11.8 Å². The van der Waals surface area contributed by atoms with E-state index in [1.54, 1.807) is 0 Å². The van der Waals surface area contributed by atoms with Crippen LogP contribution in [0.3, 0.4) is 0 Å². The second-order valence-corrected chi connectivity index (χ2v) is 14.3. The fraction of sp³-hybridized carbons (Fsp3) is 0.514. The lowest BCUT2D eigenvalue weighted by molar-refractivity contribution is -0.164. The molecule has 3 aliphatic heterocycles. The Bertz CT molecular complexity index is 1780. The number of piperidine rings is 1. The molecule has 3 aromatic heterocycles. The molecule has 244 valence electrons. The first-order valence-corrected chi connectivity index (χ1v) is 16.6. The molecule has 0 radical (unpaired) electrons. The smallest absolute Gasteiger partial charge is 0.339 e. The number of allylic oxidation sites excluding steroid dienone is 2. The van der Waals surface area contributed by atoms with Crippen LogP contribution in [-0.4, -0.2) is 55.9 Å². The number of hydrogen-bond donors (Lipinski definition) is 0. The van der Waals surface area contributed by atoms with E-state index in [4.69, 9.17) is 24.5 Å². The van der Waals surface area contributed by atoms with Gasteiger partial charge in [-0.05, 0) is 91.2 Å². The zero-order valence-electron chi connectivity index (χ0n) is 28.7. The van der Waals surface area contributed by atoms with E-state index < -0.39 is 17.7 Å². The van der Waals surface area contributed by atoms with Gasteiger partial charge in [0.2, 0.25) is 0 Å². The predicted molar refractivity (Wildman–Crippen MR) is 182 cm³/mol. The third-order valence-corrected chi connectivity index (χ3v) is 9.65. The first kappa shape index (κ1) is 32.0. The normalized spacial score (nSPS) is 18.1. The zero-order valence-corrected chi connectivity index (χ0v) is 28.7. The van der Waals surface area contributed by atoms with Crippen molar-refractivity contribution in [2.75, 3.05) is 25.1 Å². The fourth-order valence-corrected chi connectivity index (χ4v) is 6.94. The lowest BCUT2D eigenvalue weighted by Gasteiger charge is -2.41. The van der Waals surface area contributed by atoms with Crippen LogP contribution in [0.25, 0.3) is 22.6 Å². The number of anilines is 1. The maximum atomic E-state index is 13.4. The van der Waals surface area contributed by atoms with Crippen LogP contribution >= 0.6 is 0 Å². The van der Waals surface area contributed by atoms with Crippen molar-refractivity contribution in [2.24, 2.45) is 5.41 Å². The van der Waals surface area contributed by atoms with Crippen molar-refractivity contribution in [1.82, 2.24) is 24.1 Å². The van der Waals surface area contributed by atoms with Crippen molar-refractivity contribution in [1.29, 1.82) is 0 Å². The molecule has 7 rings (SSSR count). The first-order valence-electron chi connectivity index (χ1n) is 16.6. The molecule has 0 saturated carbocycles. The van der Waals surface area contributed by atoms with Gasteiger partial charge in [0.25, 0.3) is 0 Å². The summed E-state index contributed by atoms with van der Waals surface area (Å²) in [5.41, 5.74) is 6.89. The molecule has 1 saturated heterocycles. The number of fused-ring (bicyclic) bond motifs is 6. The van der Waals surface area contributed by atoms with E-state index in [0.717, 1.165) is 103 Å². The summed E-state index contributed by atoms with van der Waals surface area (Å²) in [7, 11) is 1.41. The van der Waals surface area contributed by atoms with Gasteiger partial charge in [-0.3, -0.25) is 0 Å². The van der Waals surface area contributed by atoms with Gasteiger partial charge >= 0.3 is 5.97 Å². The Morgan fingerprint density at radius 2 is 1.72 bits per heavy atom. The first-order chi connectivity index (χ1) is 21.9. The second kappa shape index (κ2) is 12.3. The maximum Gasteiger partial charge on any atom is 0.339 e. The largest absolute Gasteiger partial charge is 0.467 e. The SMILES string of the molecule is COC(=O)[C@@H](OC(C)(C)C)c1c(C)nc2cc3nn2c1N1CCC(C)(CC/C=C\CCc2nc(C)c(C)n2-c2cccc-3c2)CC1. The van der Waals surface area contributed by atoms with Crippen molar-refractivity contribution in [3.05, 3.63) is 71.0 Å². The third kappa shape index (κ3) is 6.21. The van der Waals surface area contributed by atoms with Crippen molar-refractivity contribution in [3.8, 4) is 16.9 Å². The fourth-order valence-electron chi connectivity index (χ4n) is 6.94. The molecule has 46 heavy (non-hydrogen) atoms. The molecular weight excluding hydrogens is 576 g/mol. The van der Waals surface area contributed by atoms with E-state index in [1.165, 1.54) is 7.11 Å². The average Bonchev–Trinajstić information content (AvgIpc) is 3.56. The molecule has 0 aliphatic carbocycles. The Hall–Kier alpha value is -3.98. The molecule has 0 N–H and O–H groups in total. The monoisotopic (exact) mass is 624 g/mol. The topological polar surface area (TPSA) is 86.8 Å². The summed E-state index contributed by atoms with van der Waals surface area (Å²) in [6.07, 6.45) is 9.84. The van der Waals surface area contributed by atoms with Crippen LogP contribution in [0.5, 0.6) is 0 Å². The van der Waals surface area contributed by atoms with Crippen LogP contribution in [0.4, 0.5) is 5.82 Å². The van der Waals surface area contributed by atoms with Gasteiger partial charge in [0.1, 0.15) is 11.6 Å². The molecule has 6 heterocycles. The molecule has 1 fully saturated rings. The number of carbonyl (C=O) groups is 1. The molecule has 6 bridgehead atoms. The van der Waals surface area contributed by atoms with Crippen molar-refractivity contribution >= 4 is 17.4 Å². The highest BCUT2D eigenvalue weighted by Crippen LogP contribution is 2.41. The van der Waals surface area contributed by atoms with Gasteiger partial charge in [0, 0.05) is 48.2 Å². The Morgan fingerprint density at radius 1 is 0.978 bits per heavy atom. The Balaban J connectivity index is 1.57. The quantitative estimate of drug-likeness (QED) is 0.173. The van der Waals surface area contributed by atoms with Crippen LogP contribution in [0.2, 0.25) is 0 Å². The van der Waals surface area contributed by atoms with Crippen LogP contribution in [0.15, 0.2) is 42.5 Å². The van der Waals surface area contributed by atoms with E-state index in [9.17, 15) is 4.79 Å². The summed E-state index contributed by atoms with van der Waals surface area (Å²) in [6.45, 7) is 16.1. The molecule has 1 aromatic carbocycles. The summed E-state index contributed by atoms with van der Waals surface area (Å²) >= 11 is 0. The standard InChI is InChI=1S/C37H48N6O3/c1-24-26(3)42-28-15-13-14-27(22-28)29-23-31-39-25(2)32(33(35(44)45-8)46-36(4,5)6)34(43(31)40-29)41-20-18-37(7,19-21-41)17-12-10-9-11-16-30(42)38-24/h9-10,13-15,22-23,33H,11-12,16-21H2,1-8H3/b10-9-/t33-/m0/s1. The zero-order chi connectivity index (χ0) is 32.8. The molecule has 9 nitrogen and oxygen atoms in total. The lowest BCUT2D eigenvalue weighted by Crippen LogP contribution is -2.41. The number of esters is 1. The van der Waals surface area contributed by atoms with E-state index in [0.29, 0.717) is 5.56 Å². The Labute approximate surface area is 272 Å². The Morgan fingerprint density at radius 3 is 2.43 bits per heavy atom. The number of benzene rings is 1. The van der Waals surface area contributed by atoms with Crippen molar-refractivity contribution in [3.63, 3.8) is 0 Å².